The highest BCUT2D eigenvalue weighted by Gasteiger charge is 2.46. The largest absolute Gasteiger partial charge is 0.548 e. The lowest BCUT2D eigenvalue weighted by molar-refractivity contribution is 0.174. The Kier molecular flexibility index (Phi) is 6.12. The third kappa shape index (κ3) is 3.63. The van der Waals surface area contributed by atoms with Crippen LogP contribution >= 0.6 is 0 Å². The molecule has 0 amide bonds. The standard InChI is InChI=1S/C16H32O2Si/c1-12(2)19(13(3)4,14(5)6)18-11-15-9-7-8-10-16(15)17/h11-14,16-17H,7-10H2,1-6H3. The highest BCUT2D eigenvalue weighted by Crippen LogP contribution is 2.42. The van der Waals surface area contributed by atoms with Crippen LogP contribution in [0.2, 0.25) is 16.6 Å². The molecule has 1 aliphatic rings. The third-order valence-corrected chi connectivity index (χ3v) is 10.7. The van der Waals surface area contributed by atoms with Crippen molar-refractivity contribution in [1.82, 2.24) is 0 Å². The van der Waals surface area contributed by atoms with Crippen LogP contribution in [0.15, 0.2) is 11.8 Å². The summed E-state index contributed by atoms with van der Waals surface area (Å²) in [6.07, 6.45) is 5.89. The summed E-state index contributed by atoms with van der Waals surface area (Å²) < 4.78 is 6.44. The Labute approximate surface area is 120 Å². The van der Waals surface area contributed by atoms with Crippen LogP contribution in [0.4, 0.5) is 0 Å². The second-order valence-electron chi connectivity index (χ2n) is 6.89. The zero-order valence-electron chi connectivity index (χ0n) is 13.6. The zero-order valence-corrected chi connectivity index (χ0v) is 14.6. The molecule has 0 saturated heterocycles. The molecule has 1 N–H and O–H groups in total. The summed E-state index contributed by atoms with van der Waals surface area (Å²) in [4.78, 5) is 0. The van der Waals surface area contributed by atoms with Crippen molar-refractivity contribution in [3.8, 4) is 0 Å². The van der Waals surface area contributed by atoms with Crippen molar-refractivity contribution in [2.75, 3.05) is 0 Å². The van der Waals surface area contributed by atoms with E-state index in [1.54, 1.807) is 0 Å². The topological polar surface area (TPSA) is 29.5 Å². The van der Waals surface area contributed by atoms with Gasteiger partial charge in [-0.1, -0.05) is 48.0 Å². The monoisotopic (exact) mass is 284 g/mol. The molecule has 3 heteroatoms. The van der Waals surface area contributed by atoms with E-state index in [0.717, 1.165) is 24.8 Å². The fourth-order valence-corrected chi connectivity index (χ4v) is 8.91. The Balaban J connectivity index is 2.92. The lowest BCUT2D eigenvalue weighted by atomic mass is 9.93. The van der Waals surface area contributed by atoms with E-state index in [9.17, 15) is 5.11 Å². The van der Waals surface area contributed by atoms with Gasteiger partial charge in [0.15, 0.2) is 0 Å². The van der Waals surface area contributed by atoms with Gasteiger partial charge in [-0.15, -0.1) is 0 Å². The van der Waals surface area contributed by atoms with E-state index < -0.39 is 8.32 Å². The molecular formula is C16H32O2Si. The van der Waals surface area contributed by atoms with Gasteiger partial charge < -0.3 is 9.53 Å². The minimum atomic E-state index is -1.83. The molecule has 0 spiro atoms. The van der Waals surface area contributed by atoms with E-state index >= 15 is 0 Å². The lowest BCUT2D eigenvalue weighted by Gasteiger charge is -2.41. The van der Waals surface area contributed by atoms with E-state index in [0.29, 0.717) is 16.6 Å². The van der Waals surface area contributed by atoms with Gasteiger partial charge in [0.1, 0.15) is 0 Å². The smallest absolute Gasteiger partial charge is 0.257 e. The van der Waals surface area contributed by atoms with E-state index in [1.807, 2.05) is 6.26 Å². The van der Waals surface area contributed by atoms with Gasteiger partial charge in [-0.3, -0.25) is 0 Å². The summed E-state index contributed by atoms with van der Waals surface area (Å²) in [5, 5.41) is 10.0. The highest BCUT2D eigenvalue weighted by atomic mass is 28.4. The Morgan fingerprint density at radius 2 is 1.58 bits per heavy atom. The maximum Gasteiger partial charge on any atom is 0.257 e. The lowest BCUT2D eigenvalue weighted by Crippen LogP contribution is -2.46. The van der Waals surface area contributed by atoms with Crippen LogP contribution in [0.1, 0.15) is 67.2 Å². The van der Waals surface area contributed by atoms with Crippen molar-refractivity contribution < 1.29 is 9.53 Å². The summed E-state index contributed by atoms with van der Waals surface area (Å²) in [7, 11) is -1.83. The SMILES string of the molecule is CC(C)[Si](OC=C1CCCCC1O)(C(C)C)C(C)C. The molecule has 0 aromatic carbocycles. The molecule has 1 fully saturated rings. The molecule has 0 bridgehead atoms. The molecule has 0 aromatic heterocycles. The average Bonchev–Trinajstić information content (AvgIpc) is 2.30. The molecule has 1 unspecified atom stereocenters. The maximum absolute atomic E-state index is 10.0. The number of aliphatic hydroxyl groups is 1. The predicted octanol–water partition coefficient (Wildman–Crippen LogP) is 5.00. The Hall–Kier alpha value is -0.283. The number of aliphatic hydroxyl groups excluding tert-OH is 1. The summed E-state index contributed by atoms with van der Waals surface area (Å²) >= 11 is 0. The number of hydrogen-bond donors (Lipinski definition) is 1. The highest BCUT2D eigenvalue weighted by molar-refractivity contribution is 6.77. The molecule has 1 atom stereocenters. The van der Waals surface area contributed by atoms with Gasteiger partial charge in [-0.2, -0.15) is 0 Å². The summed E-state index contributed by atoms with van der Waals surface area (Å²) in [6.45, 7) is 13.8. The quantitative estimate of drug-likeness (QED) is 0.569. The molecule has 19 heavy (non-hydrogen) atoms. The molecule has 1 saturated carbocycles. The summed E-state index contributed by atoms with van der Waals surface area (Å²) in [6, 6.07) is 0. The van der Waals surface area contributed by atoms with Gasteiger partial charge in [-0.25, -0.2) is 0 Å². The molecule has 2 nitrogen and oxygen atoms in total. The second-order valence-corrected chi connectivity index (χ2v) is 12.3. The van der Waals surface area contributed by atoms with Gasteiger partial charge in [0.05, 0.1) is 12.4 Å². The van der Waals surface area contributed by atoms with Gasteiger partial charge in [0, 0.05) is 0 Å². The van der Waals surface area contributed by atoms with Crippen LogP contribution < -0.4 is 0 Å². The number of hydrogen-bond acceptors (Lipinski definition) is 2. The molecule has 0 aromatic rings. The van der Waals surface area contributed by atoms with Crippen LogP contribution in [0.5, 0.6) is 0 Å². The van der Waals surface area contributed by atoms with E-state index in [-0.39, 0.29) is 6.10 Å². The molecular weight excluding hydrogens is 252 g/mol. The van der Waals surface area contributed by atoms with Crippen LogP contribution in [-0.4, -0.2) is 19.5 Å². The maximum atomic E-state index is 10.0. The second kappa shape index (κ2) is 6.94. The predicted molar refractivity (Wildman–Crippen MR) is 84.7 cm³/mol. The van der Waals surface area contributed by atoms with Crippen LogP contribution in [0.3, 0.4) is 0 Å². The van der Waals surface area contributed by atoms with E-state index in [1.165, 1.54) is 6.42 Å². The Morgan fingerprint density at radius 3 is 2.00 bits per heavy atom. The molecule has 112 valence electrons. The van der Waals surface area contributed by atoms with E-state index in [2.05, 4.69) is 41.5 Å². The van der Waals surface area contributed by atoms with Crippen molar-refractivity contribution in [2.45, 2.75) is 90.0 Å². The average molecular weight is 285 g/mol. The van der Waals surface area contributed by atoms with Crippen molar-refractivity contribution in [2.24, 2.45) is 0 Å². The van der Waals surface area contributed by atoms with Gasteiger partial charge in [0.25, 0.3) is 8.32 Å². The molecule has 0 aliphatic heterocycles. The Morgan fingerprint density at radius 1 is 1.05 bits per heavy atom. The first-order chi connectivity index (χ1) is 8.82. The molecule has 0 radical (unpaired) electrons. The first-order valence-corrected chi connectivity index (χ1v) is 10.0. The van der Waals surface area contributed by atoms with Crippen molar-refractivity contribution in [3.63, 3.8) is 0 Å². The fourth-order valence-electron chi connectivity index (χ4n) is 3.74. The van der Waals surface area contributed by atoms with Gasteiger partial charge in [0.2, 0.25) is 0 Å². The molecule has 1 rings (SSSR count). The van der Waals surface area contributed by atoms with Crippen molar-refractivity contribution in [1.29, 1.82) is 0 Å². The number of rotatable bonds is 5. The third-order valence-electron chi connectivity index (χ3n) is 4.74. The first-order valence-electron chi connectivity index (χ1n) is 7.87. The summed E-state index contributed by atoms with van der Waals surface area (Å²) in [5.74, 6) is 0. The molecule has 0 heterocycles. The molecule has 1 aliphatic carbocycles. The zero-order chi connectivity index (χ0) is 14.6. The fraction of sp³-hybridized carbons (Fsp3) is 0.875. The van der Waals surface area contributed by atoms with Crippen LogP contribution in [-0.2, 0) is 4.43 Å². The van der Waals surface area contributed by atoms with Crippen molar-refractivity contribution in [3.05, 3.63) is 11.8 Å². The summed E-state index contributed by atoms with van der Waals surface area (Å²) in [5.41, 5.74) is 2.88. The van der Waals surface area contributed by atoms with Crippen LogP contribution in [0, 0.1) is 0 Å². The first kappa shape index (κ1) is 16.8. The van der Waals surface area contributed by atoms with Crippen molar-refractivity contribution >= 4 is 8.32 Å². The minimum absolute atomic E-state index is 0.271. The Bertz CT molecular complexity index is 286. The van der Waals surface area contributed by atoms with Gasteiger partial charge >= 0.3 is 0 Å². The van der Waals surface area contributed by atoms with E-state index in [4.69, 9.17) is 4.43 Å². The minimum Gasteiger partial charge on any atom is -0.548 e. The normalized spacial score (nSPS) is 23.7. The van der Waals surface area contributed by atoms with Crippen LogP contribution in [0.25, 0.3) is 0 Å². The van der Waals surface area contributed by atoms with Gasteiger partial charge in [-0.05, 0) is 41.5 Å².